The summed E-state index contributed by atoms with van der Waals surface area (Å²) < 4.78 is 52.9. The molecule has 0 radical (unpaired) electrons. The number of nitrogens with one attached hydrogen (secondary N) is 1. The number of carbonyl (C=O) groups excluding carboxylic acids is 2. The van der Waals surface area contributed by atoms with E-state index in [9.17, 15) is 19.1 Å². The Hall–Kier alpha value is -3.87. The van der Waals surface area contributed by atoms with Gasteiger partial charge in [-0.25, -0.2) is 18.2 Å². The van der Waals surface area contributed by atoms with Gasteiger partial charge in [0.05, 0.1) is 28.3 Å². The molecule has 14 heteroatoms. The summed E-state index contributed by atoms with van der Waals surface area (Å²) in [5.41, 5.74) is -0.470. The zero-order valence-electron chi connectivity index (χ0n) is 23.8. The molecule has 0 bridgehead atoms. The van der Waals surface area contributed by atoms with Gasteiger partial charge in [-0.05, 0) is 56.9 Å². The number of carbonyl (C=O) groups is 2. The lowest BCUT2D eigenvalue weighted by molar-refractivity contribution is -0.123. The average Bonchev–Trinajstić information content (AvgIpc) is 3.92. The lowest BCUT2D eigenvalue weighted by atomic mass is 9.80. The van der Waals surface area contributed by atoms with E-state index in [1.807, 2.05) is 4.68 Å². The number of ether oxygens (including phenoxy) is 1. The van der Waals surface area contributed by atoms with Gasteiger partial charge < -0.3 is 20.9 Å². The highest BCUT2D eigenvalue weighted by Gasteiger charge is 2.62. The number of hydrogen-bond donors (Lipinski definition) is 3. The van der Waals surface area contributed by atoms with Gasteiger partial charge in [0.2, 0.25) is 5.91 Å². The van der Waals surface area contributed by atoms with Crippen LogP contribution in [0.3, 0.4) is 0 Å². The number of fused-ring (bicyclic) bond motifs is 2. The quantitative estimate of drug-likeness (QED) is 0.221. The van der Waals surface area contributed by atoms with Crippen LogP contribution in [0.5, 0.6) is 5.75 Å². The Morgan fingerprint density at radius 1 is 1.16 bits per heavy atom. The van der Waals surface area contributed by atoms with Gasteiger partial charge in [0.1, 0.15) is 46.3 Å². The molecule has 7 rings (SSSR count). The number of amides is 2. The Balaban J connectivity index is 1.30. The number of aliphatic hydroxyl groups is 1. The number of halogens is 5. The smallest absolute Gasteiger partial charge is 0.251 e. The minimum Gasteiger partial charge on any atom is -0.489 e. The fraction of sp³-hybridized carbons (Fsp3) is 0.355. The molecule has 2 aromatic heterocycles. The third-order valence-corrected chi connectivity index (χ3v) is 9.58. The lowest BCUT2D eigenvalue weighted by Gasteiger charge is -2.33. The minimum atomic E-state index is -2.45. The van der Waals surface area contributed by atoms with E-state index in [1.54, 1.807) is 12.3 Å². The van der Waals surface area contributed by atoms with Crippen molar-refractivity contribution in [3.63, 3.8) is 0 Å². The summed E-state index contributed by atoms with van der Waals surface area (Å²) >= 11 is 12.4. The highest BCUT2D eigenvalue weighted by molar-refractivity contribution is 6.35. The van der Waals surface area contributed by atoms with Gasteiger partial charge >= 0.3 is 0 Å². The first kappa shape index (κ1) is 29.8. The maximum atomic E-state index is 16.1. The molecule has 3 heterocycles. The summed E-state index contributed by atoms with van der Waals surface area (Å²) in [5, 5.41) is 19.6. The first-order chi connectivity index (χ1) is 21.2. The molecule has 2 aliphatic carbocycles. The number of primary amides is 1. The molecule has 2 fully saturated rings. The minimum absolute atomic E-state index is 0.0496. The van der Waals surface area contributed by atoms with Crippen LogP contribution in [0, 0.1) is 11.6 Å². The fourth-order valence-electron chi connectivity index (χ4n) is 5.77. The van der Waals surface area contributed by atoms with Crippen LogP contribution in [-0.4, -0.2) is 50.5 Å². The number of pyridine rings is 1. The number of aromatic nitrogens is 3. The van der Waals surface area contributed by atoms with Crippen LogP contribution in [0.2, 0.25) is 10.0 Å². The van der Waals surface area contributed by atoms with E-state index >= 15 is 8.78 Å². The van der Waals surface area contributed by atoms with Crippen molar-refractivity contribution in [3.8, 4) is 17.0 Å². The van der Waals surface area contributed by atoms with Crippen LogP contribution in [0.1, 0.15) is 60.3 Å². The summed E-state index contributed by atoms with van der Waals surface area (Å²) in [4.78, 5) is 30.3. The molecule has 1 aliphatic heterocycles. The first-order valence-corrected chi connectivity index (χ1v) is 15.0. The maximum absolute atomic E-state index is 16.1. The number of hydrogen-bond acceptors (Lipinski definition) is 6. The maximum Gasteiger partial charge on any atom is 0.251 e. The van der Waals surface area contributed by atoms with Gasteiger partial charge in [0.15, 0.2) is 5.60 Å². The van der Waals surface area contributed by atoms with Crippen molar-refractivity contribution in [3.05, 3.63) is 75.0 Å². The van der Waals surface area contributed by atoms with Crippen molar-refractivity contribution in [2.45, 2.75) is 55.3 Å². The standard InChI is InChI=1S/C31H26Cl2F3N5O4/c1-29(28(37)43)13-45-26-18(29)9-23(39-25(26)17-8-19(32)22(35)10-21(17)34)31(44,30(36)4-5-30)12-38-27(42)14-6-15-11-41(16-2-3-16)40-24(15)20(33)7-14/h6-11,16,44H,2-5,12-13H2,1H3,(H2,37,43)(H,38,42)/t29-,31-/m0/s1. The van der Waals surface area contributed by atoms with Crippen molar-refractivity contribution in [1.82, 2.24) is 20.1 Å². The van der Waals surface area contributed by atoms with Crippen molar-refractivity contribution in [2.75, 3.05) is 13.2 Å². The van der Waals surface area contributed by atoms with Crippen molar-refractivity contribution < 1.29 is 32.6 Å². The molecule has 45 heavy (non-hydrogen) atoms. The Morgan fingerprint density at radius 2 is 1.89 bits per heavy atom. The zero-order valence-corrected chi connectivity index (χ0v) is 25.3. The molecule has 0 spiro atoms. The monoisotopic (exact) mass is 659 g/mol. The third-order valence-electron chi connectivity index (χ3n) is 9.00. The summed E-state index contributed by atoms with van der Waals surface area (Å²) in [5.74, 6) is -3.57. The molecule has 0 saturated heterocycles. The highest BCUT2D eigenvalue weighted by atomic mass is 35.5. The van der Waals surface area contributed by atoms with E-state index in [2.05, 4.69) is 15.4 Å². The van der Waals surface area contributed by atoms with E-state index in [4.69, 9.17) is 33.7 Å². The van der Waals surface area contributed by atoms with Crippen molar-refractivity contribution >= 4 is 45.9 Å². The summed E-state index contributed by atoms with van der Waals surface area (Å²) in [7, 11) is 0. The van der Waals surface area contributed by atoms with Crippen LogP contribution < -0.4 is 15.8 Å². The molecule has 234 valence electrons. The second kappa shape index (κ2) is 10.1. The molecule has 2 amide bonds. The Labute approximate surface area is 264 Å². The van der Waals surface area contributed by atoms with E-state index in [-0.39, 0.29) is 58.3 Å². The summed E-state index contributed by atoms with van der Waals surface area (Å²) in [6.07, 6.45) is 3.69. The molecule has 2 atom stereocenters. The Morgan fingerprint density at radius 3 is 2.56 bits per heavy atom. The average molecular weight is 660 g/mol. The lowest BCUT2D eigenvalue weighted by Crippen LogP contribution is -2.49. The number of benzene rings is 2. The largest absolute Gasteiger partial charge is 0.489 e. The van der Waals surface area contributed by atoms with Crippen LogP contribution in [0.15, 0.2) is 36.5 Å². The van der Waals surface area contributed by atoms with Gasteiger partial charge in [0, 0.05) is 34.3 Å². The normalized spacial score (nSPS) is 21.2. The van der Waals surface area contributed by atoms with Crippen LogP contribution in [0.4, 0.5) is 13.2 Å². The van der Waals surface area contributed by atoms with Gasteiger partial charge in [-0.15, -0.1) is 0 Å². The third kappa shape index (κ3) is 4.72. The SMILES string of the molecule is C[C@]1(C(N)=O)COc2c1cc([C@@](O)(CNC(=O)c1cc(Cl)c3nn(C4CC4)cc3c1)C1(F)CC1)nc2-c1cc(Cl)c(F)cc1F. The fourth-order valence-corrected chi connectivity index (χ4v) is 6.19. The number of nitrogens with two attached hydrogens (primary N) is 1. The molecule has 2 aromatic carbocycles. The second-order valence-corrected chi connectivity index (χ2v) is 13.0. The van der Waals surface area contributed by atoms with E-state index in [0.29, 0.717) is 23.0 Å². The summed E-state index contributed by atoms with van der Waals surface area (Å²) in [6.45, 7) is 0.589. The van der Waals surface area contributed by atoms with Gasteiger partial charge in [-0.3, -0.25) is 14.3 Å². The molecule has 3 aliphatic rings. The van der Waals surface area contributed by atoms with Gasteiger partial charge in [-0.2, -0.15) is 5.10 Å². The zero-order chi connectivity index (χ0) is 32.1. The first-order valence-electron chi connectivity index (χ1n) is 14.3. The number of nitrogens with zero attached hydrogens (tertiary/aromatic N) is 3. The van der Waals surface area contributed by atoms with Gasteiger partial charge in [0.25, 0.3) is 5.91 Å². The van der Waals surface area contributed by atoms with Crippen LogP contribution >= 0.6 is 23.2 Å². The van der Waals surface area contributed by atoms with Crippen molar-refractivity contribution in [2.24, 2.45) is 5.73 Å². The molecule has 9 nitrogen and oxygen atoms in total. The molecule has 4 N–H and O–H groups in total. The van der Waals surface area contributed by atoms with Crippen molar-refractivity contribution in [1.29, 1.82) is 0 Å². The molecular weight excluding hydrogens is 634 g/mol. The highest BCUT2D eigenvalue weighted by Crippen LogP contribution is 2.55. The molecular formula is C31H26Cl2F3N5O4. The van der Waals surface area contributed by atoms with E-state index < -0.39 is 51.7 Å². The predicted molar refractivity (Wildman–Crippen MR) is 159 cm³/mol. The molecule has 2 saturated carbocycles. The number of rotatable bonds is 8. The second-order valence-electron chi connectivity index (χ2n) is 12.2. The van der Waals surface area contributed by atoms with Crippen LogP contribution in [-0.2, 0) is 15.8 Å². The topological polar surface area (TPSA) is 132 Å². The van der Waals surface area contributed by atoms with Crippen LogP contribution in [0.25, 0.3) is 22.2 Å². The molecule has 4 aromatic rings. The van der Waals surface area contributed by atoms with E-state index in [0.717, 1.165) is 18.9 Å². The van der Waals surface area contributed by atoms with Gasteiger partial charge in [-0.1, -0.05) is 23.2 Å². The Bertz CT molecular complexity index is 1950. The molecule has 0 unspecified atom stereocenters. The summed E-state index contributed by atoms with van der Waals surface area (Å²) in [6, 6.07) is 6.16. The predicted octanol–water partition coefficient (Wildman–Crippen LogP) is 5.27. The number of alkyl halides is 1. The van der Waals surface area contributed by atoms with E-state index in [1.165, 1.54) is 19.1 Å². The Kier molecular flexibility index (Phi) is 6.67.